The predicted octanol–water partition coefficient (Wildman–Crippen LogP) is 0.892. The van der Waals surface area contributed by atoms with Crippen molar-refractivity contribution in [1.29, 1.82) is 0 Å². The Bertz CT molecular complexity index is 230. The van der Waals surface area contributed by atoms with E-state index in [9.17, 15) is 0 Å². The van der Waals surface area contributed by atoms with Crippen LogP contribution in [0.1, 0.15) is 32.6 Å². The van der Waals surface area contributed by atoms with Crippen LogP contribution in [0.5, 0.6) is 0 Å². The Morgan fingerprint density at radius 1 is 1.11 bits per heavy atom. The molecular formula is C14H30N4. The molecule has 1 aliphatic carbocycles. The zero-order valence-electron chi connectivity index (χ0n) is 12.1. The molecule has 0 aromatic carbocycles. The minimum Gasteiger partial charge on any atom is -0.329 e. The van der Waals surface area contributed by atoms with Gasteiger partial charge in [0.15, 0.2) is 0 Å². The molecule has 2 rings (SSSR count). The maximum Gasteiger partial charge on any atom is 0.0366 e. The Morgan fingerprint density at radius 2 is 1.72 bits per heavy atom. The molecule has 0 bridgehead atoms. The summed E-state index contributed by atoms with van der Waals surface area (Å²) in [6.45, 7) is 7.71. The summed E-state index contributed by atoms with van der Waals surface area (Å²) in [5.41, 5.74) is 9.68. The van der Waals surface area contributed by atoms with E-state index in [1.54, 1.807) is 0 Å². The number of nitrogens with zero attached hydrogens (tertiary/aromatic N) is 2. The predicted molar refractivity (Wildman–Crippen MR) is 76.2 cm³/mol. The lowest BCUT2D eigenvalue weighted by molar-refractivity contribution is 0.0661. The first-order valence-corrected chi connectivity index (χ1v) is 7.58. The smallest absolute Gasteiger partial charge is 0.0366 e. The summed E-state index contributed by atoms with van der Waals surface area (Å²) in [5, 5.41) is 2.38. The van der Waals surface area contributed by atoms with Crippen LogP contribution in [-0.2, 0) is 0 Å². The van der Waals surface area contributed by atoms with Crippen molar-refractivity contribution < 1.29 is 0 Å². The highest BCUT2D eigenvalue weighted by molar-refractivity contribution is 4.82. The van der Waals surface area contributed by atoms with Gasteiger partial charge in [0.25, 0.3) is 0 Å². The Kier molecular flexibility index (Phi) is 5.42. The third-order valence-electron chi connectivity index (χ3n) is 4.74. The second-order valence-electron chi connectivity index (χ2n) is 6.28. The van der Waals surface area contributed by atoms with E-state index in [0.717, 1.165) is 44.6 Å². The molecule has 4 nitrogen and oxygen atoms in total. The minimum absolute atomic E-state index is 0.487. The van der Waals surface area contributed by atoms with Crippen LogP contribution in [-0.4, -0.2) is 55.7 Å². The van der Waals surface area contributed by atoms with Gasteiger partial charge < -0.3 is 10.6 Å². The maximum absolute atomic E-state index is 5.98. The summed E-state index contributed by atoms with van der Waals surface area (Å²) >= 11 is 0. The van der Waals surface area contributed by atoms with Crippen molar-refractivity contribution in [3.8, 4) is 0 Å². The summed E-state index contributed by atoms with van der Waals surface area (Å²) in [7, 11) is 2.19. The second-order valence-corrected chi connectivity index (χ2v) is 6.28. The standard InChI is InChI=1S/C14H30N4/c1-12-3-5-13(6-4-12)14(11-15)16-18-9-7-17(2)8-10-18/h12-14,16H,3-11,15H2,1-2H3. The molecular weight excluding hydrogens is 224 g/mol. The molecule has 1 saturated heterocycles. The van der Waals surface area contributed by atoms with Crippen LogP contribution in [0.3, 0.4) is 0 Å². The van der Waals surface area contributed by atoms with Gasteiger partial charge in [-0.25, -0.2) is 5.01 Å². The van der Waals surface area contributed by atoms with Crippen LogP contribution in [0.4, 0.5) is 0 Å². The lowest BCUT2D eigenvalue weighted by Gasteiger charge is -2.39. The molecule has 0 spiro atoms. The van der Waals surface area contributed by atoms with E-state index in [4.69, 9.17) is 5.73 Å². The van der Waals surface area contributed by atoms with E-state index >= 15 is 0 Å². The van der Waals surface area contributed by atoms with E-state index in [0.29, 0.717) is 6.04 Å². The third kappa shape index (κ3) is 3.92. The van der Waals surface area contributed by atoms with Crippen molar-refractivity contribution in [2.24, 2.45) is 17.6 Å². The number of nitrogens with two attached hydrogens (primary N) is 1. The summed E-state index contributed by atoms with van der Waals surface area (Å²) in [4.78, 5) is 2.39. The third-order valence-corrected chi connectivity index (χ3v) is 4.74. The molecule has 18 heavy (non-hydrogen) atoms. The van der Waals surface area contributed by atoms with Crippen molar-refractivity contribution in [2.75, 3.05) is 39.8 Å². The molecule has 1 aliphatic heterocycles. The van der Waals surface area contributed by atoms with Crippen LogP contribution in [0.2, 0.25) is 0 Å². The fourth-order valence-corrected chi connectivity index (χ4v) is 3.21. The molecule has 106 valence electrons. The Balaban J connectivity index is 1.78. The first kappa shape index (κ1) is 14.3. The van der Waals surface area contributed by atoms with Crippen molar-refractivity contribution in [2.45, 2.75) is 38.6 Å². The quantitative estimate of drug-likeness (QED) is 0.782. The van der Waals surface area contributed by atoms with E-state index in [-0.39, 0.29) is 0 Å². The molecule has 1 heterocycles. The lowest BCUT2D eigenvalue weighted by Crippen LogP contribution is -2.57. The SMILES string of the molecule is CC1CCC(C(CN)NN2CCN(C)CC2)CC1. The average Bonchev–Trinajstić information content (AvgIpc) is 2.39. The molecule has 2 aliphatic rings. The van der Waals surface area contributed by atoms with Gasteiger partial charge >= 0.3 is 0 Å². The van der Waals surface area contributed by atoms with Crippen molar-refractivity contribution in [1.82, 2.24) is 15.3 Å². The highest BCUT2D eigenvalue weighted by atomic mass is 15.5. The molecule has 1 saturated carbocycles. The fourth-order valence-electron chi connectivity index (χ4n) is 3.21. The van der Waals surface area contributed by atoms with Gasteiger partial charge in [-0.2, -0.15) is 0 Å². The van der Waals surface area contributed by atoms with Gasteiger partial charge in [0.2, 0.25) is 0 Å². The normalized spacial score (nSPS) is 33.5. The van der Waals surface area contributed by atoms with Gasteiger partial charge in [-0.3, -0.25) is 5.43 Å². The van der Waals surface area contributed by atoms with Gasteiger partial charge in [0.1, 0.15) is 0 Å². The number of nitrogens with one attached hydrogen (secondary N) is 1. The number of likely N-dealkylation sites (N-methyl/N-ethyl adjacent to an activating group) is 1. The molecule has 4 heteroatoms. The van der Waals surface area contributed by atoms with Crippen LogP contribution >= 0.6 is 0 Å². The molecule has 0 aromatic heterocycles. The van der Waals surface area contributed by atoms with Gasteiger partial charge in [0, 0.05) is 38.8 Å². The Hall–Kier alpha value is -0.160. The van der Waals surface area contributed by atoms with Crippen molar-refractivity contribution >= 4 is 0 Å². The van der Waals surface area contributed by atoms with Crippen LogP contribution < -0.4 is 11.2 Å². The van der Waals surface area contributed by atoms with Gasteiger partial charge in [-0.15, -0.1) is 0 Å². The number of rotatable bonds is 4. The number of piperazine rings is 1. The molecule has 2 fully saturated rings. The zero-order valence-corrected chi connectivity index (χ0v) is 12.1. The number of hydrogen-bond acceptors (Lipinski definition) is 4. The number of hydrazine groups is 1. The van der Waals surface area contributed by atoms with Crippen LogP contribution in [0.25, 0.3) is 0 Å². The van der Waals surface area contributed by atoms with E-state index in [1.807, 2.05) is 0 Å². The average molecular weight is 254 g/mol. The fraction of sp³-hybridized carbons (Fsp3) is 1.00. The monoisotopic (exact) mass is 254 g/mol. The molecule has 1 atom stereocenters. The van der Waals surface area contributed by atoms with E-state index < -0.39 is 0 Å². The minimum atomic E-state index is 0.487. The Labute approximate surface area is 112 Å². The summed E-state index contributed by atoms with van der Waals surface area (Å²) < 4.78 is 0. The topological polar surface area (TPSA) is 44.5 Å². The lowest BCUT2D eigenvalue weighted by atomic mass is 9.79. The molecule has 0 aromatic rings. The molecule has 0 radical (unpaired) electrons. The van der Waals surface area contributed by atoms with Crippen LogP contribution in [0.15, 0.2) is 0 Å². The van der Waals surface area contributed by atoms with Gasteiger partial charge in [-0.1, -0.05) is 19.8 Å². The number of hydrogen-bond donors (Lipinski definition) is 2. The maximum atomic E-state index is 5.98. The summed E-state index contributed by atoms with van der Waals surface area (Å²) in [6, 6.07) is 0.487. The first-order valence-electron chi connectivity index (χ1n) is 7.58. The van der Waals surface area contributed by atoms with Crippen LogP contribution in [0, 0.1) is 11.8 Å². The Morgan fingerprint density at radius 3 is 2.28 bits per heavy atom. The summed E-state index contributed by atoms with van der Waals surface area (Å²) in [6.07, 6.45) is 5.46. The van der Waals surface area contributed by atoms with E-state index in [2.05, 4.69) is 29.3 Å². The highest BCUT2D eigenvalue weighted by Crippen LogP contribution is 2.30. The van der Waals surface area contributed by atoms with Crippen molar-refractivity contribution in [3.05, 3.63) is 0 Å². The molecule has 3 N–H and O–H groups in total. The summed E-state index contributed by atoms with van der Waals surface area (Å²) in [5.74, 6) is 1.70. The largest absolute Gasteiger partial charge is 0.329 e. The molecule has 1 unspecified atom stereocenters. The van der Waals surface area contributed by atoms with E-state index in [1.165, 1.54) is 25.7 Å². The van der Waals surface area contributed by atoms with Gasteiger partial charge in [0.05, 0.1) is 0 Å². The molecule has 0 amide bonds. The first-order chi connectivity index (χ1) is 8.69. The van der Waals surface area contributed by atoms with Crippen molar-refractivity contribution in [3.63, 3.8) is 0 Å². The highest BCUT2D eigenvalue weighted by Gasteiger charge is 2.27. The van der Waals surface area contributed by atoms with Gasteiger partial charge in [-0.05, 0) is 31.7 Å². The zero-order chi connectivity index (χ0) is 13.0. The second kappa shape index (κ2) is 6.85.